The van der Waals surface area contributed by atoms with E-state index in [-0.39, 0.29) is 24.2 Å². The van der Waals surface area contributed by atoms with Crippen LogP contribution in [0.25, 0.3) is 0 Å². The highest BCUT2D eigenvalue weighted by molar-refractivity contribution is 5.04. The molecule has 0 amide bonds. The summed E-state index contributed by atoms with van der Waals surface area (Å²) >= 11 is 0. The van der Waals surface area contributed by atoms with Crippen LogP contribution in [0, 0.1) is 22.7 Å². The summed E-state index contributed by atoms with van der Waals surface area (Å²) in [5.74, 6) is -2.33. The molecule has 2 aliphatic rings. The Kier molecular flexibility index (Phi) is 2.25. The highest BCUT2D eigenvalue weighted by Gasteiger charge is 2.48. The fraction of sp³-hybridized carbons (Fsp3) is 0.909. The molecule has 0 N–H and O–H groups in total. The van der Waals surface area contributed by atoms with Gasteiger partial charge in [0.1, 0.15) is 0 Å². The SMILES string of the molecule is N#CC1(CC2CC(F)(F)C2)CCCC1. The van der Waals surface area contributed by atoms with E-state index in [2.05, 4.69) is 6.07 Å². The molecule has 2 rings (SSSR count). The first-order chi connectivity index (χ1) is 6.55. The van der Waals surface area contributed by atoms with Crippen molar-refractivity contribution in [3.63, 3.8) is 0 Å². The van der Waals surface area contributed by atoms with Gasteiger partial charge in [-0.15, -0.1) is 0 Å². The van der Waals surface area contributed by atoms with Gasteiger partial charge in [0.2, 0.25) is 5.92 Å². The molecule has 0 spiro atoms. The average Bonchev–Trinajstić information content (AvgIpc) is 2.51. The summed E-state index contributed by atoms with van der Waals surface area (Å²) in [5, 5.41) is 9.08. The molecule has 2 saturated carbocycles. The predicted octanol–water partition coefficient (Wildman–Crippen LogP) is 3.51. The summed E-state index contributed by atoms with van der Waals surface area (Å²) in [7, 11) is 0. The maximum Gasteiger partial charge on any atom is 0.248 e. The van der Waals surface area contributed by atoms with Crippen LogP contribution in [0.15, 0.2) is 0 Å². The van der Waals surface area contributed by atoms with Gasteiger partial charge in [-0.2, -0.15) is 5.26 Å². The first-order valence-electron chi connectivity index (χ1n) is 5.34. The smallest absolute Gasteiger partial charge is 0.207 e. The number of alkyl halides is 2. The van der Waals surface area contributed by atoms with E-state index in [1.807, 2.05) is 0 Å². The molecule has 0 aromatic rings. The van der Waals surface area contributed by atoms with Gasteiger partial charge in [0.05, 0.1) is 11.5 Å². The van der Waals surface area contributed by atoms with Crippen molar-refractivity contribution in [2.75, 3.05) is 0 Å². The molecule has 3 heteroatoms. The molecule has 14 heavy (non-hydrogen) atoms. The monoisotopic (exact) mass is 199 g/mol. The summed E-state index contributed by atoms with van der Waals surface area (Å²) in [6, 6.07) is 2.36. The molecular weight excluding hydrogens is 184 g/mol. The summed E-state index contributed by atoms with van der Waals surface area (Å²) in [6.07, 6.45) is 4.76. The molecule has 0 saturated heterocycles. The number of nitriles is 1. The number of hydrogen-bond donors (Lipinski definition) is 0. The second-order valence-corrected chi connectivity index (χ2v) is 4.93. The van der Waals surface area contributed by atoms with Gasteiger partial charge in [-0.1, -0.05) is 12.8 Å². The first-order valence-corrected chi connectivity index (χ1v) is 5.34. The molecule has 0 aromatic carbocycles. The molecule has 0 bridgehead atoms. The van der Waals surface area contributed by atoms with Crippen LogP contribution in [0.2, 0.25) is 0 Å². The maximum absolute atomic E-state index is 12.6. The molecule has 0 heterocycles. The zero-order chi connectivity index (χ0) is 10.2. The Morgan fingerprint density at radius 1 is 1.21 bits per heavy atom. The lowest BCUT2D eigenvalue weighted by molar-refractivity contribution is -0.117. The van der Waals surface area contributed by atoms with Crippen molar-refractivity contribution in [3.8, 4) is 6.07 Å². The average molecular weight is 199 g/mol. The van der Waals surface area contributed by atoms with Crippen molar-refractivity contribution >= 4 is 0 Å². The summed E-state index contributed by atoms with van der Waals surface area (Å²) < 4.78 is 25.2. The van der Waals surface area contributed by atoms with E-state index in [1.54, 1.807) is 0 Å². The minimum Gasteiger partial charge on any atom is -0.207 e. The maximum atomic E-state index is 12.6. The van der Waals surface area contributed by atoms with Crippen molar-refractivity contribution < 1.29 is 8.78 Å². The minimum atomic E-state index is -2.43. The Balaban J connectivity index is 1.88. The number of hydrogen-bond acceptors (Lipinski definition) is 1. The zero-order valence-corrected chi connectivity index (χ0v) is 8.23. The third-order valence-electron chi connectivity index (χ3n) is 3.65. The van der Waals surface area contributed by atoms with Crippen molar-refractivity contribution in [2.45, 2.75) is 50.9 Å². The second-order valence-electron chi connectivity index (χ2n) is 4.93. The van der Waals surface area contributed by atoms with Crippen molar-refractivity contribution in [3.05, 3.63) is 0 Å². The van der Waals surface area contributed by atoms with Gasteiger partial charge in [-0.3, -0.25) is 0 Å². The highest BCUT2D eigenvalue weighted by Crippen LogP contribution is 2.51. The van der Waals surface area contributed by atoms with E-state index >= 15 is 0 Å². The molecule has 0 aromatic heterocycles. The van der Waals surface area contributed by atoms with Crippen LogP contribution >= 0.6 is 0 Å². The lowest BCUT2D eigenvalue weighted by atomic mass is 9.70. The van der Waals surface area contributed by atoms with Gasteiger partial charge >= 0.3 is 0 Å². The topological polar surface area (TPSA) is 23.8 Å². The van der Waals surface area contributed by atoms with E-state index in [4.69, 9.17) is 5.26 Å². The Labute approximate surface area is 83.1 Å². The second kappa shape index (κ2) is 3.18. The Morgan fingerprint density at radius 2 is 1.79 bits per heavy atom. The molecule has 0 radical (unpaired) electrons. The lowest BCUT2D eigenvalue weighted by Gasteiger charge is -2.38. The van der Waals surface area contributed by atoms with Gasteiger partial charge in [-0.25, -0.2) is 8.78 Å². The molecule has 1 nitrogen and oxygen atoms in total. The fourth-order valence-electron chi connectivity index (χ4n) is 2.90. The fourth-order valence-corrected chi connectivity index (χ4v) is 2.90. The molecule has 0 atom stereocenters. The Bertz CT molecular complexity index is 253. The third kappa shape index (κ3) is 1.75. The normalized spacial score (nSPS) is 29.5. The highest BCUT2D eigenvalue weighted by atomic mass is 19.3. The van der Waals surface area contributed by atoms with Crippen molar-refractivity contribution in [1.82, 2.24) is 0 Å². The van der Waals surface area contributed by atoms with Gasteiger partial charge in [0.25, 0.3) is 0 Å². The van der Waals surface area contributed by atoms with Crippen LogP contribution in [0.1, 0.15) is 44.9 Å². The van der Waals surface area contributed by atoms with Gasteiger partial charge in [0, 0.05) is 12.8 Å². The van der Waals surface area contributed by atoms with Crippen molar-refractivity contribution in [2.24, 2.45) is 11.3 Å². The Morgan fingerprint density at radius 3 is 2.21 bits per heavy atom. The zero-order valence-electron chi connectivity index (χ0n) is 8.23. The molecule has 0 aliphatic heterocycles. The van der Waals surface area contributed by atoms with Crippen LogP contribution in [0.5, 0.6) is 0 Å². The van der Waals surface area contributed by atoms with Crippen LogP contribution in [0.4, 0.5) is 8.78 Å². The van der Waals surface area contributed by atoms with E-state index in [0.29, 0.717) is 6.42 Å². The minimum absolute atomic E-state index is 0.0103. The molecule has 2 fully saturated rings. The number of nitrogens with zero attached hydrogens (tertiary/aromatic N) is 1. The summed E-state index contributed by atoms with van der Waals surface area (Å²) in [5.41, 5.74) is -0.249. The quantitative estimate of drug-likeness (QED) is 0.667. The number of rotatable bonds is 2. The van der Waals surface area contributed by atoms with E-state index in [9.17, 15) is 8.78 Å². The third-order valence-corrected chi connectivity index (χ3v) is 3.65. The first kappa shape index (κ1) is 9.89. The van der Waals surface area contributed by atoms with E-state index in [1.165, 1.54) is 0 Å². The lowest BCUT2D eigenvalue weighted by Crippen LogP contribution is -2.38. The Hall–Kier alpha value is -0.650. The largest absolute Gasteiger partial charge is 0.248 e. The van der Waals surface area contributed by atoms with Crippen LogP contribution in [-0.4, -0.2) is 5.92 Å². The standard InChI is InChI=1S/C11H15F2N/c12-11(13)6-9(7-11)5-10(8-14)3-1-2-4-10/h9H,1-7H2. The summed E-state index contributed by atoms with van der Waals surface area (Å²) in [6.45, 7) is 0. The van der Waals surface area contributed by atoms with E-state index < -0.39 is 5.92 Å². The van der Waals surface area contributed by atoms with Gasteiger partial charge in [-0.05, 0) is 25.2 Å². The predicted molar refractivity (Wildman–Crippen MR) is 48.8 cm³/mol. The van der Waals surface area contributed by atoms with Crippen LogP contribution in [-0.2, 0) is 0 Å². The molecule has 0 unspecified atom stereocenters. The molecular formula is C11H15F2N. The molecule has 2 aliphatic carbocycles. The summed E-state index contributed by atoms with van der Waals surface area (Å²) in [4.78, 5) is 0. The van der Waals surface area contributed by atoms with Gasteiger partial charge < -0.3 is 0 Å². The van der Waals surface area contributed by atoms with Crippen molar-refractivity contribution in [1.29, 1.82) is 5.26 Å². The molecule has 78 valence electrons. The van der Waals surface area contributed by atoms with Gasteiger partial charge in [0.15, 0.2) is 0 Å². The van der Waals surface area contributed by atoms with Crippen LogP contribution in [0.3, 0.4) is 0 Å². The number of halogens is 2. The van der Waals surface area contributed by atoms with E-state index in [0.717, 1.165) is 25.7 Å². The van der Waals surface area contributed by atoms with Crippen LogP contribution < -0.4 is 0 Å².